The zero-order valence-corrected chi connectivity index (χ0v) is 8.67. The largest absolute Gasteiger partial charge is 0.573 e. The number of alkyl halides is 5. The molecule has 1 aromatic rings. The van der Waals surface area contributed by atoms with E-state index >= 15 is 0 Å². The molecular weight excluding hydrogens is 263 g/mol. The van der Waals surface area contributed by atoms with Crippen LogP contribution in [0.4, 0.5) is 22.0 Å². The fourth-order valence-corrected chi connectivity index (χ4v) is 1.23. The summed E-state index contributed by atoms with van der Waals surface area (Å²) in [5.74, 6) is -1.17. The maximum absolute atomic E-state index is 12.6. The van der Waals surface area contributed by atoms with E-state index in [-0.39, 0.29) is 18.5 Å². The Morgan fingerprint density at radius 3 is 2.44 bits per heavy atom. The van der Waals surface area contributed by atoms with E-state index in [9.17, 15) is 26.7 Å². The van der Waals surface area contributed by atoms with Gasteiger partial charge in [0.15, 0.2) is 6.29 Å². The minimum Gasteiger partial charge on any atom is -0.405 e. The molecule has 0 amide bonds. The monoisotopic (exact) mass is 270 g/mol. The first-order valence-corrected chi connectivity index (χ1v) is 4.51. The molecule has 0 spiro atoms. The van der Waals surface area contributed by atoms with E-state index in [4.69, 9.17) is 5.73 Å². The molecule has 2 N–H and O–H groups in total. The number of pyridine rings is 1. The molecule has 0 saturated carbocycles. The van der Waals surface area contributed by atoms with E-state index in [0.29, 0.717) is 6.07 Å². The topological polar surface area (TPSA) is 65.2 Å². The van der Waals surface area contributed by atoms with Crippen molar-refractivity contribution in [3.05, 3.63) is 23.0 Å². The van der Waals surface area contributed by atoms with Crippen molar-refractivity contribution < 1.29 is 31.5 Å². The fraction of sp³-hybridized carbons (Fsp3) is 0.333. The Balaban J connectivity index is 3.39. The lowest BCUT2D eigenvalue weighted by Gasteiger charge is -2.15. The average molecular weight is 270 g/mol. The molecular formula is C9H7F5N2O2. The molecule has 9 heteroatoms. The summed E-state index contributed by atoms with van der Waals surface area (Å²) < 4.78 is 64.8. The highest BCUT2D eigenvalue weighted by atomic mass is 19.4. The van der Waals surface area contributed by atoms with E-state index in [2.05, 4.69) is 9.72 Å². The van der Waals surface area contributed by atoms with Gasteiger partial charge in [-0.25, -0.2) is 13.8 Å². The summed E-state index contributed by atoms with van der Waals surface area (Å²) >= 11 is 0. The molecule has 0 unspecified atom stereocenters. The summed E-state index contributed by atoms with van der Waals surface area (Å²) in [4.78, 5) is 13.9. The summed E-state index contributed by atoms with van der Waals surface area (Å²) in [6.07, 6.45) is -8.57. The standard InChI is InChI=1S/C9H7F5N2O2/c10-8(11)7-5(3-17)16-4(2-15)1-6(7)18-9(12,13)14/h1,3,8H,2,15H2. The van der Waals surface area contributed by atoms with Crippen LogP contribution in [0.3, 0.4) is 0 Å². The lowest BCUT2D eigenvalue weighted by molar-refractivity contribution is -0.275. The predicted molar refractivity (Wildman–Crippen MR) is 49.2 cm³/mol. The van der Waals surface area contributed by atoms with Crippen LogP contribution in [0.2, 0.25) is 0 Å². The molecule has 18 heavy (non-hydrogen) atoms. The maximum atomic E-state index is 12.6. The number of hydrogen-bond acceptors (Lipinski definition) is 4. The summed E-state index contributed by atoms with van der Waals surface area (Å²) in [5.41, 5.74) is 2.93. The molecule has 0 aliphatic rings. The molecule has 4 nitrogen and oxygen atoms in total. The zero-order chi connectivity index (χ0) is 13.9. The van der Waals surface area contributed by atoms with Gasteiger partial charge < -0.3 is 10.5 Å². The van der Waals surface area contributed by atoms with Crippen molar-refractivity contribution in [1.82, 2.24) is 4.98 Å². The van der Waals surface area contributed by atoms with Crippen LogP contribution < -0.4 is 10.5 Å². The predicted octanol–water partition coefficient (Wildman–Crippen LogP) is 2.19. The van der Waals surface area contributed by atoms with Crippen LogP contribution in [-0.2, 0) is 6.54 Å². The minimum absolute atomic E-state index is 0.0795. The zero-order valence-electron chi connectivity index (χ0n) is 8.67. The third-order valence-corrected chi connectivity index (χ3v) is 1.87. The van der Waals surface area contributed by atoms with Gasteiger partial charge in [-0.1, -0.05) is 0 Å². The van der Waals surface area contributed by atoms with Crippen molar-refractivity contribution in [3.8, 4) is 5.75 Å². The highest BCUT2D eigenvalue weighted by Crippen LogP contribution is 2.34. The second kappa shape index (κ2) is 5.25. The Kier molecular flexibility index (Phi) is 4.17. The number of nitrogens with zero attached hydrogens (tertiary/aromatic N) is 1. The summed E-state index contributed by atoms with van der Waals surface area (Å²) in [5, 5.41) is 0. The number of carbonyl (C=O) groups excluding carboxylic acids is 1. The number of halogens is 5. The van der Waals surface area contributed by atoms with Crippen LogP contribution in [-0.4, -0.2) is 17.6 Å². The van der Waals surface area contributed by atoms with Gasteiger partial charge in [0.1, 0.15) is 11.4 Å². The van der Waals surface area contributed by atoms with E-state index in [0.717, 1.165) is 0 Å². The Morgan fingerprint density at radius 1 is 1.44 bits per heavy atom. The molecule has 0 radical (unpaired) electrons. The van der Waals surface area contributed by atoms with Crippen LogP contribution in [0.25, 0.3) is 0 Å². The number of rotatable bonds is 4. The van der Waals surface area contributed by atoms with Crippen molar-refractivity contribution in [1.29, 1.82) is 0 Å². The minimum atomic E-state index is -5.16. The Labute approximate surface area is 97.6 Å². The summed E-state index contributed by atoms with van der Waals surface area (Å²) in [6.45, 7) is -0.321. The molecule has 0 bridgehead atoms. The van der Waals surface area contributed by atoms with E-state index in [1.165, 1.54) is 0 Å². The van der Waals surface area contributed by atoms with Gasteiger partial charge in [0, 0.05) is 12.6 Å². The molecule has 0 aliphatic carbocycles. The van der Waals surface area contributed by atoms with Gasteiger partial charge in [0.05, 0.1) is 11.3 Å². The number of ether oxygens (including phenoxy) is 1. The summed E-state index contributed by atoms with van der Waals surface area (Å²) in [7, 11) is 0. The molecule has 0 fully saturated rings. The van der Waals surface area contributed by atoms with Gasteiger partial charge in [0.2, 0.25) is 0 Å². The number of aldehydes is 1. The van der Waals surface area contributed by atoms with Crippen LogP contribution in [0, 0.1) is 0 Å². The number of aromatic nitrogens is 1. The van der Waals surface area contributed by atoms with Crippen LogP contribution in [0.5, 0.6) is 5.75 Å². The normalized spacial score (nSPS) is 11.7. The molecule has 1 heterocycles. The molecule has 1 rings (SSSR count). The van der Waals surface area contributed by atoms with Crippen LogP contribution in [0.15, 0.2) is 6.07 Å². The number of hydrogen-bond donors (Lipinski definition) is 1. The second-order valence-electron chi connectivity index (χ2n) is 3.08. The highest BCUT2D eigenvalue weighted by Gasteiger charge is 2.34. The number of carbonyl (C=O) groups is 1. The van der Waals surface area contributed by atoms with Gasteiger partial charge in [-0.2, -0.15) is 0 Å². The molecule has 0 atom stereocenters. The van der Waals surface area contributed by atoms with E-state index in [1.807, 2.05) is 0 Å². The first kappa shape index (κ1) is 14.3. The molecule has 0 aromatic carbocycles. The Morgan fingerprint density at radius 2 is 2.06 bits per heavy atom. The van der Waals surface area contributed by atoms with Crippen molar-refractivity contribution in [2.75, 3.05) is 0 Å². The lowest BCUT2D eigenvalue weighted by Crippen LogP contribution is -2.20. The quantitative estimate of drug-likeness (QED) is 0.672. The van der Waals surface area contributed by atoms with Crippen LogP contribution >= 0.6 is 0 Å². The fourth-order valence-electron chi connectivity index (χ4n) is 1.23. The Hall–Kier alpha value is -1.77. The first-order chi connectivity index (χ1) is 8.28. The summed E-state index contributed by atoms with van der Waals surface area (Å²) in [6, 6.07) is 0.627. The third-order valence-electron chi connectivity index (χ3n) is 1.87. The second-order valence-corrected chi connectivity index (χ2v) is 3.08. The van der Waals surface area contributed by atoms with E-state index < -0.39 is 29.8 Å². The van der Waals surface area contributed by atoms with Gasteiger partial charge in [-0.3, -0.25) is 4.79 Å². The van der Waals surface area contributed by atoms with Gasteiger partial charge in [0.25, 0.3) is 6.43 Å². The van der Waals surface area contributed by atoms with Gasteiger partial charge in [-0.05, 0) is 0 Å². The average Bonchev–Trinajstić information content (AvgIpc) is 2.25. The maximum Gasteiger partial charge on any atom is 0.573 e. The van der Waals surface area contributed by atoms with Gasteiger partial charge in [-0.15, -0.1) is 13.2 Å². The molecule has 0 aliphatic heterocycles. The SMILES string of the molecule is NCc1cc(OC(F)(F)F)c(C(F)F)c(C=O)n1. The highest BCUT2D eigenvalue weighted by molar-refractivity contribution is 5.76. The first-order valence-electron chi connectivity index (χ1n) is 4.51. The number of nitrogens with two attached hydrogens (primary N) is 1. The van der Waals surface area contributed by atoms with Crippen molar-refractivity contribution in [2.24, 2.45) is 5.73 Å². The lowest BCUT2D eigenvalue weighted by atomic mass is 10.1. The van der Waals surface area contributed by atoms with Crippen LogP contribution in [0.1, 0.15) is 28.2 Å². The Bertz CT molecular complexity index is 447. The van der Waals surface area contributed by atoms with Crippen molar-refractivity contribution in [3.63, 3.8) is 0 Å². The van der Waals surface area contributed by atoms with Crippen molar-refractivity contribution in [2.45, 2.75) is 19.3 Å². The molecule has 0 saturated heterocycles. The van der Waals surface area contributed by atoms with Crippen molar-refractivity contribution >= 4 is 6.29 Å². The molecule has 100 valence electrons. The van der Waals surface area contributed by atoms with Gasteiger partial charge >= 0.3 is 6.36 Å². The molecule has 1 aromatic heterocycles. The smallest absolute Gasteiger partial charge is 0.405 e. The third kappa shape index (κ3) is 3.36. The van der Waals surface area contributed by atoms with E-state index in [1.54, 1.807) is 0 Å².